The highest BCUT2D eigenvalue weighted by atomic mass is 32.2. The summed E-state index contributed by atoms with van der Waals surface area (Å²) in [6.07, 6.45) is 3.24. The minimum atomic E-state index is -3.72. The average Bonchev–Trinajstić information content (AvgIpc) is 3.10. The first-order valence-corrected chi connectivity index (χ1v) is 9.38. The molecule has 10 nitrogen and oxygen atoms in total. The molecule has 0 aliphatic carbocycles. The lowest BCUT2D eigenvalue weighted by Gasteiger charge is -2.35. The van der Waals surface area contributed by atoms with Crippen molar-refractivity contribution in [3.63, 3.8) is 0 Å². The van der Waals surface area contributed by atoms with Gasteiger partial charge in [-0.2, -0.15) is 9.29 Å². The van der Waals surface area contributed by atoms with E-state index in [9.17, 15) is 18.5 Å². The topological polar surface area (TPSA) is 132 Å². The molecule has 0 radical (unpaired) electrons. The van der Waals surface area contributed by atoms with Crippen molar-refractivity contribution in [2.24, 2.45) is 0 Å². The fourth-order valence-electron chi connectivity index (χ4n) is 2.70. The van der Waals surface area contributed by atoms with Crippen LogP contribution in [0.5, 0.6) is 0 Å². The van der Waals surface area contributed by atoms with Crippen molar-refractivity contribution >= 4 is 15.7 Å². The van der Waals surface area contributed by atoms with Gasteiger partial charge in [-0.05, 0) is 24.3 Å². The Kier molecular flexibility index (Phi) is 4.16. The Hall–Kier alpha value is -3.18. The largest absolute Gasteiger partial charge is 0.339 e. The van der Waals surface area contributed by atoms with Crippen molar-refractivity contribution in [3.8, 4) is 11.4 Å². The highest BCUT2D eigenvalue weighted by Gasteiger charge is 2.40. The first-order chi connectivity index (χ1) is 12.9. The summed E-state index contributed by atoms with van der Waals surface area (Å²) < 4.78 is 31.7. The molecule has 1 aromatic carbocycles. The molecule has 3 heterocycles. The Morgan fingerprint density at radius 3 is 2.41 bits per heavy atom. The second kappa shape index (κ2) is 6.52. The second-order valence-corrected chi connectivity index (χ2v) is 7.90. The molecular weight excluding hydrogens is 374 g/mol. The minimum Gasteiger partial charge on any atom is -0.339 e. The van der Waals surface area contributed by atoms with Crippen LogP contribution in [0.1, 0.15) is 11.8 Å². The van der Waals surface area contributed by atoms with E-state index >= 15 is 0 Å². The smallest absolute Gasteiger partial charge is 0.269 e. The number of benzene rings is 1. The van der Waals surface area contributed by atoms with E-state index in [1.165, 1.54) is 28.6 Å². The van der Waals surface area contributed by atoms with Crippen molar-refractivity contribution < 1.29 is 17.9 Å². The first-order valence-electron chi connectivity index (χ1n) is 7.94. The van der Waals surface area contributed by atoms with Gasteiger partial charge >= 0.3 is 0 Å². The maximum atomic E-state index is 12.6. The van der Waals surface area contributed by atoms with Crippen LogP contribution in [-0.4, -0.2) is 45.9 Å². The predicted molar refractivity (Wildman–Crippen MR) is 92.1 cm³/mol. The van der Waals surface area contributed by atoms with Gasteiger partial charge in [0.2, 0.25) is 21.7 Å². The second-order valence-electron chi connectivity index (χ2n) is 5.96. The third kappa shape index (κ3) is 3.17. The minimum absolute atomic E-state index is 0.00885. The summed E-state index contributed by atoms with van der Waals surface area (Å²) >= 11 is 0. The van der Waals surface area contributed by atoms with E-state index in [2.05, 4.69) is 15.1 Å². The lowest BCUT2D eigenvalue weighted by atomic mass is 10.0. The molecule has 1 saturated heterocycles. The molecule has 0 saturated carbocycles. The number of pyridine rings is 1. The maximum absolute atomic E-state index is 12.6. The lowest BCUT2D eigenvalue weighted by molar-refractivity contribution is -0.384. The van der Waals surface area contributed by atoms with E-state index in [1.807, 2.05) is 0 Å². The standard InChI is InChI=1S/C16H13N5O5S/c22-21(23)13-1-3-14(4-2-13)27(24,25)20-9-12(10-20)16-18-15(19-26-16)11-5-7-17-8-6-11/h1-8,12H,9-10H2. The van der Waals surface area contributed by atoms with Crippen LogP contribution in [-0.2, 0) is 10.0 Å². The monoisotopic (exact) mass is 387 g/mol. The summed E-state index contributed by atoms with van der Waals surface area (Å²) in [7, 11) is -3.72. The summed E-state index contributed by atoms with van der Waals surface area (Å²) in [6.45, 7) is 0.411. The third-order valence-corrected chi connectivity index (χ3v) is 6.11. The zero-order valence-corrected chi connectivity index (χ0v) is 14.6. The quantitative estimate of drug-likeness (QED) is 0.478. The summed E-state index contributed by atoms with van der Waals surface area (Å²) in [5.41, 5.74) is 0.597. The number of nitrogens with zero attached hydrogens (tertiary/aromatic N) is 5. The zero-order chi connectivity index (χ0) is 19.0. The average molecular weight is 387 g/mol. The van der Waals surface area contributed by atoms with E-state index in [-0.39, 0.29) is 29.6 Å². The van der Waals surface area contributed by atoms with E-state index in [0.29, 0.717) is 11.7 Å². The number of nitro benzene ring substituents is 1. The van der Waals surface area contributed by atoms with Crippen LogP contribution < -0.4 is 0 Å². The van der Waals surface area contributed by atoms with Crippen LogP contribution in [0.3, 0.4) is 0 Å². The molecule has 0 bridgehead atoms. The number of non-ortho nitro benzene ring substituents is 1. The first kappa shape index (κ1) is 17.2. The van der Waals surface area contributed by atoms with Crippen LogP contribution >= 0.6 is 0 Å². The summed E-state index contributed by atoms with van der Waals surface area (Å²) in [6, 6.07) is 8.30. The van der Waals surface area contributed by atoms with Crippen LogP contribution in [0.4, 0.5) is 5.69 Å². The molecule has 11 heteroatoms. The number of hydrogen-bond donors (Lipinski definition) is 0. The molecule has 3 aromatic rings. The maximum Gasteiger partial charge on any atom is 0.269 e. The molecule has 138 valence electrons. The SMILES string of the molecule is O=[N+]([O-])c1ccc(S(=O)(=O)N2CC(c3nc(-c4ccncc4)no3)C2)cc1. The summed E-state index contributed by atoms with van der Waals surface area (Å²) in [4.78, 5) is 18.4. The number of nitro groups is 1. The zero-order valence-electron chi connectivity index (χ0n) is 13.8. The highest BCUT2D eigenvalue weighted by Crippen LogP contribution is 2.32. The summed E-state index contributed by atoms with van der Waals surface area (Å²) in [5.74, 6) is 0.599. The van der Waals surface area contributed by atoms with Crippen molar-refractivity contribution in [2.45, 2.75) is 10.8 Å². The predicted octanol–water partition coefficient (Wildman–Crippen LogP) is 1.83. The van der Waals surface area contributed by atoms with Crippen LogP contribution in [0.15, 0.2) is 58.2 Å². The van der Waals surface area contributed by atoms with Crippen molar-refractivity contribution in [3.05, 3.63) is 64.8 Å². The van der Waals surface area contributed by atoms with Gasteiger partial charge in [-0.15, -0.1) is 0 Å². The molecular formula is C16H13N5O5S. The number of aromatic nitrogens is 3. The molecule has 0 atom stereocenters. The van der Waals surface area contributed by atoms with Gasteiger partial charge < -0.3 is 4.52 Å². The van der Waals surface area contributed by atoms with Gasteiger partial charge in [0.05, 0.1) is 15.7 Å². The van der Waals surface area contributed by atoms with Crippen LogP contribution in [0.2, 0.25) is 0 Å². The van der Waals surface area contributed by atoms with Gasteiger partial charge in [0.25, 0.3) is 5.69 Å². The summed E-state index contributed by atoms with van der Waals surface area (Å²) in [5, 5.41) is 14.6. The van der Waals surface area contributed by atoms with E-state index < -0.39 is 14.9 Å². The van der Waals surface area contributed by atoms with Gasteiger partial charge in [0.15, 0.2) is 0 Å². The fourth-order valence-corrected chi connectivity index (χ4v) is 4.23. The van der Waals surface area contributed by atoms with Gasteiger partial charge in [0, 0.05) is 43.2 Å². The van der Waals surface area contributed by atoms with Crippen molar-refractivity contribution in [1.82, 2.24) is 19.4 Å². The molecule has 27 heavy (non-hydrogen) atoms. The highest BCUT2D eigenvalue weighted by molar-refractivity contribution is 7.89. The Morgan fingerprint density at radius 2 is 1.78 bits per heavy atom. The molecule has 4 rings (SSSR count). The molecule has 1 aliphatic rings. The molecule has 2 aromatic heterocycles. The molecule has 0 spiro atoms. The molecule has 0 amide bonds. The normalized spacial score (nSPS) is 15.4. The Morgan fingerprint density at radius 1 is 1.11 bits per heavy atom. The van der Waals surface area contributed by atoms with Gasteiger partial charge in [0.1, 0.15) is 0 Å². The van der Waals surface area contributed by atoms with Crippen LogP contribution in [0.25, 0.3) is 11.4 Å². The van der Waals surface area contributed by atoms with E-state index in [0.717, 1.165) is 5.56 Å². The molecule has 1 aliphatic heterocycles. The Labute approximate surface area is 153 Å². The number of sulfonamides is 1. The molecule has 0 N–H and O–H groups in total. The van der Waals surface area contributed by atoms with Gasteiger partial charge in [-0.1, -0.05) is 5.16 Å². The molecule has 0 unspecified atom stereocenters. The van der Waals surface area contributed by atoms with Gasteiger partial charge in [-0.25, -0.2) is 8.42 Å². The Balaban J connectivity index is 1.46. The van der Waals surface area contributed by atoms with E-state index in [1.54, 1.807) is 24.5 Å². The Bertz CT molecular complexity index is 1080. The number of rotatable bonds is 5. The fraction of sp³-hybridized carbons (Fsp3) is 0.188. The molecule has 1 fully saturated rings. The van der Waals surface area contributed by atoms with Crippen molar-refractivity contribution in [2.75, 3.05) is 13.1 Å². The third-order valence-electron chi connectivity index (χ3n) is 4.26. The lowest BCUT2D eigenvalue weighted by Crippen LogP contribution is -2.48. The van der Waals surface area contributed by atoms with Crippen molar-refractivity contribution in [1.29, 1.82) is 0 Å². The van der Waals surface area contributed by atoms with Crippen LogP contribution in [0, 0.1) is 10.1 Å². The number of hydrogen-bond acceptors (Lipinski definition) is 8. The van der Waals surface area contributed by atoms with Gasteiger partial charge in [-0.3, -0.25) is 15.1 Å². The van der Waals surface area contributed by atoms with E-state index in [4.69, 9.17) is 4.52 Å².